The van der Waals surface area contributed by atoms with Crippen LogP contribution in [0.15, 0.2) is 23.7 Å². The molecule has 1 aromatic rings. The Morgan fingerprint density at radius 1 is 1.29 bits per heavy atom. The number of nitrogens with two attached hydrogens (primary N) is 1. The van der Waals surface area contributed by atoms with Crippen molar-refractivity contribution in [1.82, 2.24) is 14.5 Å². The lowest BCUT2D eigenvalue weighted by atomic mass is 10.1. The van der Waals surface area contributed by atoms with E-state index in [0.29, 0.717) is 0 Å². The van der Waals surface area contributed by atoms with Crippen LogP contribution in [0.2, 0.25) is 0 Å². The molecule has 2 heterocycles. The van der Waals surface area contributed by atoms with Crippen molar-refractivity contribution in [3.8, 4) is 0 Å². The SMILES string of the molecule is NC(=NCCCn1ccnc1)N1CCCCC1. The smallest absolute Gasteiger partial charge is 0.191 e. The van der Waals surface area contributed by atoms with Crippen LogP contribution in [0.4, 0.5) is 0 Å². The van der Waals surface area contributed by atoms with Gasteiger partial charge in [0.2, 0.25) is 0 Å². The molecule has 17 heavy (non-hydrogen) atoms. The molecule has 0 bridgehead atoms. The minimum Gasteiger partial charge on any atom is -0.370 e. The van der Waals surface area contributed by atoms with Crippen LogP contribution in [0.1, 0.15) is 25.7 Å². The summed E-state index contributed by atoms with van der Waals surface area (Å²) in [4.78, 5) is 10.6. The Bertz CT molecular complexity index is 338. The Labute approximate surface area is 102 Å². The van der Waals surface area contributed by atoms with Gasteiger partial charge >= 0.3 is 0 Å². The third-order valence-corrected chi connectivity index (χ3v) is 3.09. The van der Waals surface area contributed by atoms with Gasteiger partial charge in [-0.2, -0.15) is 0 Å². The topological polar surface area (TPSA) is 59.4 Å². The fourth-order valence-electron chi connectivity index (χ4n) is 2.09. The summed E-state index contributed by atoms with van der Waals surface area (Å²) in [6, 6.07) is 0. The van der Waals surface area contributed by atoms with Gasteiger partial charge in [-0.15, -0.1) is 0 Å². The van der Waals surface area contributed by atoms with E-state index in [4.69, 9.17) is 5.73 Å². The first-order chi connectivity index (χ1) is 8.36. The normalized spacial score (nSPS) is 17.4. The van der Waals surface area contributed by atoms with E-state index in [0.717, 1.165) is 38.6 Å². The summed E-state index contributed by atoms with van der Waals surface area (Å²) in [5.41, 5.74) is 5.96. The number of guanidine groups is 1. The largest absolute Gasteiger partial charge is 0.370 e. The molecular weight excluding hydrogens is 214 g/mol. The van der Waals surface area contributed by atoms with Gasteiger partial charge in [-0.1, -0.05) is 0 Å². The molecule has 0 atom stereocenters. The molecule has 1 aliphatic rings. The lowest BCUT2D eigenvalue weighted by Gasteiger charge is -2.27. The second-order valence-electron chi connectivity index (χ2n) is 4.44. The Morgan fingerprint density at radius 2 is 2.12 bits per heavy atom. The van der Waals surface area contributed by atoms with Crippen molar-refractivity contribution in [2.24, 2.45) is 10.7 Å². The van der Waals surface area contributed by atoms with E-state index < -0.39 is 0 Å². The Kier molecular flexibility index (Phi) is 4.41. The van der Waals surface area contributed by atoms with Crippen LogP contribution < -0.4 is 5.73 Å². The Balaban J connectivity index is 1.68. The number of likely N-dealkylation sites (tertiary alicyclic amines) is 1. The predicted molar refractivity (Wildman–Crippen MR) is 68.8 cm³/mol. The second kappa shape index (κ2) is 6.27. The van der Waals surface area contributed by atoms with E-state index in [1.807, 2.05) is 12.5 Å². The highest BCUT2D eigenvalue weighted by Gasteiger charge is 2.11. The third-order valence-electron chi connectivity index (χ3n) is 3.09. The van der Waals surface area contributed by atoms with Crippen molar-refractivity contribution >= 4 is 5.96 Å². The number of hydrogen-bond acceptors (Lipinski definition) is 2. The molecular formula is C12H21N5. The Hall–Kier alpha value is -1.52. The monoisotopic (exact) mass is 235 g/mol. The van der Waals surface area contributed by atoms with Crippen LogP contribution in [0.5, 0.6) is 0 Å². The average molecular weight is 235 g/mol. The van der Waals surface area contributed by atoms with Crippen LogP contribution in [0.3, 0.4) is 0 Å². The molecule has 0 aromatic carbocycles. The van der Waals surface area contributed by atoms with Gasteiger partial charge in [0.25, 0.3) is 0 Å². The zero-order valence-corrected chi connectivity index (χ0v) is 10.3. The highest BCUT2D eigenvalue weighted by Crippen LogP contribution is 2.07. The fraction of sp³-hybridized carbons (Fsp3) is 0.667. The molecule has 0 aliphatic carbocycles. The molecule has 1 aliphatic heterocycles. The van der Waals surface area contributed by atoms with Gasteiger partial charge in [-0.3, -0.25) is 4.99 Å². The molecule has 0 spiro atoms. The van der Waals surface area contributed by atoms with Gasteiger partial charge in [-0.25, -0.2) is 4.98 Å². The van der Waals surface area contributed by atoms with Crippen LogP contribution in [0.25, 0.3) is 0 Å². The number of imidazole rings is 1. The molecule has 1 aromatic heterocycles. The Morgan fingerprint density at radius 3 is 2.82 bits per heavy atom. The van der Waals surface area contributed by atoms with Crippen molar-refractivity contribution in [2.75, 3.05) is 19.6 Å². The first-order valence-electron chi connectivity index (χ1n) is 6.37. The first-order valence-corrected chi connectivity index (χ1v) is 6.37. The molecule has 2 rings (SSSR count). The van der Waals surface area contributed by atoms with E-state index in [-0.39, 0.29) is 0 Å². The van der Waals surface area contributed by atoms with Gasteiger partial charge in [0, 0.05) is 38.6 Å². The van der Waals surface area contributed by atoms with Crippen LogP contribution in [-0.2, 0) is 6.54 Å². The molecule has 5 heteroatoms. The van der Waals surface area contributed by atoms with E-state index in [1.54, 1.807) is 6.20 Å². The van der Waals surface area contributed by atoms with Crippen molar-refractivity contribution in [3.63, 3.8) is 0 Å². The molecule has 94 valence electrons. The van der Waals surface area contributed by atoms with E-state index in [1.165, 1.54) is 19.3 Å². The quantitative estimate of drug-likeness (QED) is 0.482. The average Bonchev–Trinajstić information content (AvgIpc) is 2.88. The van der Waals surface area contributed by atoms with Crippen molar-refractivity contribution in [2.45, 2.75) is 32.2 Å². The second-order valence-corrected chi connectivity index (χ2v) is 4.44. The molecule has 0 unspecified atom stereocenters. The summed E-state index contributed by atoms with van der Waals surface area (Å²) in [6.45, 7) is 3.88. The summed E-state index contributed by atoms with van der Waals surface area (Å²) < 4.78 is 2.06. The molecule has 0 amide bonds. The minimum atomic E-state index is 0.718. The van der Waals surface area contributed by atoms with Crippen LogP contribution in [0, 0.1) is 0 Å². The van der Waals surface area contributed by atoms with Gasteiger partial charge in [0.05, 0.1) is 6.33 Å². The van der Waals surface area contributed by atoms with E-state index >= 15 is 0 Å². The van der Waals surface area contributed by atoms with Gasteiger partial charge in [-0.05, 0) is 25.7 Å². The molecule has 0 saturated carbocycles. The number of aliphatic imine (C=N–C) groups is 1. The van der Waals surface area contributed by atoms with Gasteiger partial charge in [0.15, 0.2) is 5.96 Å². The first kappa shape index (κ1) is 12.0. The molecule has 2 N–H and O–H groups in total. The van der Waals surface area contributed by atoms with E-state index in [2.05, 4.69) is 19.4 Å². The summed E-state index contributed by atoms with van der Waals surface area (Å²) in [7, 11) is 0. The predicted octanol–water partition coefficient (Wildman–Crippen LogP) is 1.07. The van der Waals surface area contributed by atoms with Gasteiger partial charge in [0.1, 0.15) is 0 Å². The fourth-order valence-corrected chi connectivity index (χ4v) is 2.09. The lowest BCUT2D eigenvalue weighted by molar-refractivity contribution is 0.338. The number of nitrogens with zero attached hydrogens (tertiary/aromatic N) is 4. The van der Waals surface area contributed by atoms with Crippen LogP contribution in [-0.4, -0.2) is 40.0 Å². The summed E-state index contributed by atoms with van der Waals surface area (Å²) in [5.74, 6) is 0.718. The maximum Gasteiger partial charge on any atom is 0.191 e. The number of hydrogen-bond donors (Lipinski definition) is 1. The standard InChI is InChI=1S/C12H21N5/c13-12(17-8-2-1-3-9-17)15-5-4-7-16-10-6-14-11-16/h6,10-11H,1-5,7-9H2,(H2,13,15). The minimum absolute atomic E-state index is 0.718. The molecule has 1 saturated heterocycles. The zero-order chi connectivity index (χ0) is 11.9. The summed E-state index contributed by atoms with van der Waals surface area (Å²) >= 11 is 0. The van der Waals surface area contributed by atoms with Crippen molar-refractivity contribution in [3.05, 3.63) is 18.7 Å². The molecule has 5 nitrogen and oxygen atoms in total. The number of aromatic nitrogens is 2. The zero-order valence-electron chi connectivity index (χ0n) is 10.3. The maximum absolute atomic E-state index is 5.96. The van der Waals surface area contributed by atoms with Crippen molar-refractivity contribution in [1.29, 1.82) is 0 Å². The van der Waals surface area contributed by atoms with Crippen LogP contribution >= 0.6 is 0 Å². The van der Waals surface area contributed by atoms with E-state index in [9.17, 15) is 0 Å². The highest BCUT2D eigenvalue weighted by molar-refractivity contribution is 5.78. The van der Waals surface area contributed by atoms with Crippen molar-refractivity contribution < 1.29 is 0 Å². The number of rotatable bonds is 4. The number of aryl methyl sites for hydroxylation is 1. The van der Waals surface area contributed by atoms with Gasteiger partial charge < -0.3 is 15.2 Å². The summed E-state index contributed by atoms with van der Waals surface area (Å²) in [5, 5.41) is 0. The molecule has 0 radical (unpaired) electrons. The lowest BCUT2D eigenvalue weighted by Crippen LogP contribution is -2.40. The number of piperidine rings is 1. The molecule has 1 fully saturated rings. The maximum atomic E-state index is 5.96. The summed E-state index contributed by atoms with van der Waals surface area (Å²) in [6.07, 6.45) is 10.4. The highest BCUT2D eigenvalue weighted by atomic mass is 15.2. The third kappa shape index (κ3) is 3.76.